The number of benzene rings is 2. The predicted molar refractivity (Wildman–Crippen MR) is 117 cm³/mol. The van der Waals surface area contributed by atoms with E-state index < -0.39 is 11.7 Å². The van der Waals surface area contributed by atoms with Crippen LogP contribution in [-0.2, 0) is 17.5 Å². The van der Waals surface area contributed by atoms with Gasteiger partial charge in [-0.3, -0.25) is 4.79 Å². The molecular weight excluding hydrogens is 433 g/mol. The number of hydrogen-bond acceptors (Lipinski definition) is 6. The van der Waals surface area contributed by atoms with E-state index in [1.165, 1.54) is 19.1 Å². The summed E-state index contributed by atoms with van der Waals surface area (Å²) in [6, 6.07) is 15.1. The van der Waals surface area contributed by atoms with Crippen LogP contribution in [0.3, 0.4) is 0 Å². The molecule has 33 heavy (non-hydrogen) atoms. The normalized spacial score (nSPS) is 10.7. The molecule has 0 aliphatic rings. The number of nitrogens with one attached hydrogen (secondary N) is 2. The number of nitrogens with two attached hydrogens (primary N) is 1. The number of carbonyl (C=O) groups excluding carboxylic acids is 1. The lowest BCUT2D eigenvalue weighted by atomic mass is 9.95. The number of halogens is 3. The lowest BCUT2D eigenvalue weighted by Crippen LogP contribution is -2.10. The molecule has 3 aromatic rings. The van der Waals surface area contributed by atoms with Gasteiger partial charge in [-0.1, -0.05) is 24.3 Å². The van der Waals surface area contributed by atoms with Crippen molar-refractivity contribution in [1.82, 2.24) is 4.98 Å². The third kappa shape index (κ3) is 5.20. The van der Waals surface area contributed by atoms with Crippen molar-refractivity contribution < 1.29 is 18.0 Å². The minimum absolute atomic E-state index is 0.0107. The molecule has 7 nitrogen and oxygen atoms in total. The van der Waals surface area contributed by atoms with Crippen molar-refractivity contribution in [1.29, 1.82) is 10.5 Å². The second-order valence-electron chi connectivity index (χ2n) is 7.00. The molecule has 1 heterocycles. The predicted octanol–water partition coefficient (Wildman–Crippen LogP) is 4.66. The van der Waals surface area contributed by atoms with Crippen molar-refractivity contribution in [2.75, 3.05) is 16.4 Å². The van der Waals surface area contributed by atoms with E-state index in [-0.39, 0.29) is 40.8 Å². The lowest BCUT2D eigenvalue weighted by Gasteiger charge is -2.15. The quantitative estimate of drug-likeness (QED) is 0.519. The van der Waals surface area contributed by atoms with Crippen molar-refractivity contribution >= 4 is 23.2 Å². The molecular formula is C23H17F3N6O. The topological polar surface area (TPSA) is 128 Å². The number of nitrogen functional groups attached to an aromatic ring is 1. The second kappa shape index (κ2) is 9.28. The van der Waals surface area contributed by atoms with Crippen molar-refractivity contribution in [2.45, 2.75) is 19.6 Å². The average molecular weight is 450 g/mol. The van der Waals surface area contributed by atoms with Crippen molar-refractivity contribution in [3.8, 4) is 23.3 Å². The van der Waals surface area contributed by atoms with Crippen LogP contribution < -0.4 is 16.4 Å². The van der Waals surface area contributed by atoms with Crippen LogP contribution >= 0.6 is 0 Å². The molecule has 166 valence electrons. The molecule has 1 aromatic heterocycles. The van der Waals surface area contributed by atoms with E-state index in [4.69, 9.17) is 5.73 Å². The van der Waals surface area contributed by atoms with Gasteiger partial charge in [0.1, 0.15) is 34.9 Å². The first-order chi connectivity index (χ1) is 15.6. The molecule has 1 amide bonds. The lowest BCUT2D eigenvalue weighted by molar-refractivity contribution is -0.137. The summed E-state index contributed by atoms with van der Waals surface area (Å²) < 4.78 is 38.9. The summed E-state index contributed by atoms with van der Waals surface area (Å²) in [5.74, 6) is -0.358. The van der Waals surface area contributed by atoms with Crippen molar-refractivity contribution in [3.05, 3.63) is 70.8 Å². The standard InChI is InChI=1S/C23H17F3N6O/c1-13(33)31-17-7-5-15(6-8-17)20-18(10-27)21(29)32-22(19(20)11-28)30-12-14-3-2-4-16(9-14)23(24,25)26/h2-9H,12H2,1H3,(H,31,33)(H3,29,30,32). The van der Waals surface area contributed by atoms with Crippen LogP contribution in [0.2, 0.25) is 0 Å². The van der Waals surface area contributed by atoms with E-state index in [0.717, 1.165) is 12.1 Å². The zero-order valence-corrected chi connectivity index (χ0v) is 17.3. The Bertz CT molecular complexity index is 1290. The van der Waals surface area contributed by atoms with Gasteiger partial charge in [0.25, 0.3) is 0 Å². The van der Waals surface area contributed by atoms with E-state index in [2.05, 4.69) is 15.6 Å². The molecule has 10 heteroatoms. The van der Waals surface area contributed by atoms with Crippen LogP contribution in [0, 0.1) is 22.7 Å². The maximum absolute atomic E-state index is 13.0. The Morgan fingerprint density at radius 2 is 1.76 bits per heavy atom. The molecule has 3 rings (SSSR count). The fourth-order valence-corrected chi connectivity index (χ4v) is 3.21. The number of aromatic nitrogens is 1. The van der Waals surface area contributed by atoms with Crippen molar-refractivity contribution in [2.24, 2.45) is 0 Å². The number of nitrogens with zero attached hydrogens (tertiary/aromatic N) is 3. The molecule has 4 N–H and O–H groups in total. The average Bonchev–Trinajstić information content (AvgIpc) is 2.77. The summed E-state index contributed by atoms with van der Waals surface area (Å²) in [6.45, 7) is 1.30. The fourth-order valence-electron chi connectivity index (χ4n) is 3.21. The number of amides is 1. The number of anilines is 3. The molecule has 0 bridgehead atoms. The molecule has 0 aliphatic carbocycles. The second-order valence-corrected chi connectivity index (χ2v) is 7.00. The Kier molecular flexibility index (Phi) is 6.50. The number of alkyl halides is 3. The Balaban J connectivity index is 2.01. The van der Waals surface area contributed by atoms with Crippen LogP contribution in [0.1, 0.15) is 29.2 Å². The van der Waals surface area contributed by atoms with Gasteiger partial charge in [-0.25, -0.2) is 4.98 Å². The van der Waals surface area contributed by atoms with Crippen LogP contribution in [0.25, 0.3) is 11.1 Å². The first-order valence-corrected chi connectivity index (χ1v) is 9.55. The molecule has 0 spiro atoms. The summed E-state index contributed by atoms with van der Waals surface area (Å²) in [5, 5.41) is 24.9. The Hall–Kier alpha value is -4.57. The van der Waals surface area contributed by atoms with Gasteiger partial charge < -0.3 is 16.4 Å². The van der Waals surface area contributed by atoms with E-state index >= 15 is 0 Å². The minimum Gasteiger partial charge on any atom is -0.383 e. The number of rotatable bonds is 5. The fraction of sp³-hybridized carbons (Fsp3) is 0.130. The zero-order valence-electron chi connectivity index (χ0n) is 17.3. The monoisotopic (exact) mass is 450 g/mol. The highest BCUT2D eigenvalue weighted by molar-refractivity contribution is 5.90. The van der Waals surface area contributed by atoms with E-state index in [0.29, 0.717) is 16.8 Å². The molecule has 0 radical (unpaired) electrons. The summed E-state index contributed by atoms with van der Waals surface area (Å²) in [4.78, 5) is 15.3. The highest BCUT2D eigenvalue weighted by atomic mass is 19.4. The molecule has 0 saturated heterocycles. The van der Waals surface area contributed by atoms with Gasteiger partial charge in [0.2, 0.25) is 5.91 Å². The largest absolute Gasteiger partial charge is 0.416 e. The maximum Gasteiger partial charge on any atom is 0.416 e. The molecule has 0 unspecified atom stereocenters. The molecule has 0 aliphatic heterocycles. The van der Waals surface area contributed by atoms with Gasteiger partial charge in [0, 0.05) is 24.7 Å². The zero-order chi connectivity index (χ0) is 24.2. The Labute approximate surface area is 187 Å². The van der Waals surface area contributed by atoms with Gasteiger partial charge in [0.15, 0.2) is 0 Å². The van der Waals surface area contributed by atoms with E-state index in [1.54, 1.807) is 24.3 Å². The van der Waals surface area contributed by atoms with E-state index in [9.17, 15) is 28.5 Å². The summed E-state index contributed by atoms with van der Waals surface area (Å²) in [6.07, 6.45) is -4.48. The third-order valence-corrected chi connectivity index (χ3v) is 4.66. The van der Waals surface area contributed by atoms with Gasteiger partial charge in [-0.05, 0) is 35.4 Å². The smallest absolute Gasteiger partial charge is 0.383 e. The van der Waals surface area contributed by atoms with Gasteiger partial charge in [0.05, 0.1) is 5.56 Å². The highest BCUT2D eigenvalue weighted by Crippen LogP contribution is 2.35. The Morgan fingerprint density at radius 1 is 1.09 bits per heavy atom. The first kappa shape index (κ1) is 23.1. The molecule has 2 aromatic carbocycles. The van der Waals surface area contributed by atoms with Gasteiger partial charge in [-0.15, -0.1) is 0 Å². The van der Waals surface area contributed by atoms with Gasteiger partial charge >= 0.3 is 6.18 Å². The first-order valence-electron chi connectivity index (χ1n) is 9.55. The van der Waals surface area contributed by atoms with E-state index in [1.807, 2.05) is 12.1 Å². The number of hydrogen-bond donors (Lipinski definition) is 3. The minimum atomic E-state index is -4.48. The summed E-state index contributed by atoms with van der Waals surface area (Å²) in [5.41, 5.74) is 6.71. The number of pyridine rings is 1. The molecule has 0 atom stereocenters. The molecule has 0 saturated carbocycles. The van der Waals surface area contributed by atoms with Crippen LogP contribution in [0.4, 0.5) is 30.5 Å². The third-order valence-electron chi connectivity index (χ3n) is 4.66. The summed E-state index contributed by atoms with van der Waals surface area (Å²) in [7, 11) is 0. The summed E-state index contributed by atoms with van der Waals surface area (Å²) >= 11 is 0. The highest BCUT2D eigenvalue weighted by Gasteiger charge is 2.30. The SMILES string of the molecule is CC(=O)Nc1ccc(-c2c(C#N)c(N)nc(NCc3cccc(C(F)(F)F)c3)c2C#N)cc1. The maximum atomic E-state index is 13.0. The number of nitriles is 2. The number of carbonyl (C=O) groups is 1. The van der Waals surface area contributed by atoms with Crippen LogP contribution in [0.5, 0.6) is 0 Å². The molecule has 0 fully saturated rings. The van der Waals surface area contributed by atoms with Crippen LogP contribution in [0.15, 0.2) is 48.5 Å². The van der Waals surface area contributed by atoms with Gasteiger partial charge in [-0.2, -0.15) is 23.7 Å². The van der Waals surface area contributed by atoms with Crippen LogP contribution in [-0.4, -0.2) is 10.9 Å². The van der Waals surface area contributed by atoms with Crippen molar-refractivity contribution in [3.63, 3.8) is 0 Å². The Morgan fingerprint density at radius 3 is 2.33 bits per heavy atom.